The normalized spacial score (nSPS) is 33.1. The minimum Gasteiger partial charge on any atom is -0.374 e. The van der Waals surface area contributed by atoms with Gasteiger partial charge in [0.05, 0.1) is 12.2 Å². The highest BCUT2D eigenvalue weighted by molar-refractivity contribution is 5.18. The standard InChI is InChI=1S/C18H31NO/c1-15(13-17-7-3-6-11-19-17)16-8-12-20-18(14-16)9-4-2-5-10-18/h17,19H,2-14H2,1H3. The van der Waals surface area contributed by atoms with Crippen LogP contribution in [0.3, 0.4) is 0 Å². The highest BCUT2D eigenvalue weighted by Crippen LogP contribution is 2.41. The third-order valence-electron chi connectivity index (χ3n) is 5.68. The largest absolute Gasteiger partial charge is 0.374 e. The van der Waals surface area contributed by atoms with Crippen LogP contribution in [0.15, 0.2) is 11.1 Å². The lowest BCUT2D eigenvalue weighted by Crippen LogP contribution is -2.39. The lowest BCUT2D eigenvalue weighted by atomic mass is 9.77. The highest BCUT2D eigenvalue weighted by atomic mass is 16.5. The molecule has 2 aliphatic heterocycles. The van der Waals surface area contributed by atoms with Crippen molar-refractivity contribution in [3.8, 4) is 0 Å². The van der Waals surface area contributed by atoms with E-state index >= 15 is 0 Å². The van der Waals surface area contributed by atoms with E-state index in [9.17, 15) is 0 Å². The summed E-state index contributed by atoms with van der Waals surface area (Å²) in [5, 5.41) is 3.69. The van der Waals surface area contributed by atoms with Gasteiger partial charge in [-0.25, -0.2) is 0 Å². The summed E-state index contributed by atoms with van der Waals surface area (Å²) >= 11 is 0. The van der Waals surface area contributed by atoms with E-state index < -0.39 is 0 Å². The highest BCUT2D eigenvalue weighted by Gasteiger charge is 2.36. The summed E-state index contributed by atoms with van der Waals surface area (Å²) in [4.78, 5) is 0. The van der Waals surface area contributed by atoms with Gasteiger partial charge in [-0.2, -0.15) is 0 Å². The van der Waals surface area contributed by atoms with Gasteiger partial charge in [0.25, 0.3) is 0 Å². The first-order valence-electron chi connectivity index (χ1n) is 8.82. The Morgan fingerprint density at radius 3 is 2.80 bits per heavy atom. The summed E-state index contributed by atoms with van der Waals surface area (Å²) in [5.74, 6) is 0. The van der Waals surface area contributed by atoms with Gasteiger partial charge in [0.15, 0.2) is 0 Å². The lowest BCUT2D eigenvalue weighted by Gasteiger charge is -2.42. The Balaban J connectivity index is 1.63. The predicted molar refractivity (Wildman–Crippen MR) is 84.0 cm³/mol. The van der Waals surface area contributed by atoms with Crippen LogP contribution < -0.4 is 5.32 Å². The maximum Gasteiger partial charge on any atom is 0.0719 e. The first kappa shape index (κ1) is 14.6. The first-order valence-corrected chi connectivity index (χ1v) is 8.82. The van der Waals surface area contributed by atoms with Gasteiger partial charge in [0.2, 0.25) is 0 Å². The third kappa shape index (κ3) is 3.46. The monoisotopic (exact) mass is 277 g/mol. The van der Waals surface area contributed by atoms with Gasteiger partial charge in [-0.1, -0.05) is 36.8 Å². The minimum absolute atomic E-state index is 0.229. The Labute approximate surface area is 124 Å². The first-order chi connectivity index (χ1) is 9.77. The van der Waals surface area contributed by atoms with E-state index in [1.807, 2.05) is 0 Å². The van der Waals surface area contributed by atoms with E-state index in [1.54, 1.807) is 11.1 Å². The Hall–Kier alpha value is -0.340. The van der Waals surface area contributed by atoms with Crippen LogP contribution in [0.4, 0.5) is 0 Å². The number of nitrogens with one attached hydrogen (secondary N) is 1. The van der Waals surface area contributed by atoms with Gasteiger partial charge in [0, 0.05) is 6.04 Å². The summed E-state index contributed by atoms with van der Waals surface area (Å²) in [6.07, 6.45) is 14.6. The second-order valence-corrected chi connectivity index (χ2v) is 7.25. The molecule has 2 heterocycles. The maximum absolute atomic E-state index is 6.23. The van der Waals surface area contributed by atoms with Gasteiger partial charge in [0.1, 0.15) is 0 Å². The van der Waals surface area contributed by atoms with E-state index in [1.165, 1.54) is 77.2 Å². The molecule has 2 saturated heterocycles. The van der Waals surface area contributed by atoms with E-state index in [0.29, 0.717) is 0 Å². The average molecular weight is 277 g/mol. The molecule has 2 nitrogen and oxygen atoms in total. The Bertz CT molecular complexity index is 343. The molecule has 0 aromatic rings. The molecule has 1 aliphatic carbocycles. The van der Waals surface area contributed by atoms with Crippen LogP contribution >= 0.6 is 0 Å². The lowest BCUT2D eigenvalue weighted by molar-refractivity contribution is -0.0843. The molecular weight excluding hydrogens is 246 g/mol. The number of ether oxygens (including phenoxy) is 1. The Morgan fingerprint density at radius 1 is 1.20 bits per heavy atom. The van der Waals surface area contributed by atoms with Crippen molar-refractivity contribution in [2.24, 2.45) is 0 Å². The van der Waals surface area contributed by atoms with Crippen LogP contribution in [0.1, 0.15) is 77.6 Å². The van der Waals surface area contributed by atoms with Gasteiger partial charge in [-0.3, -0.25) is 0 Å². The molecule has 1 saturated carbocycles. The molecule has 1 N–H and O–H groups in total. The number of hydrogen-bond acceptors (Lipinski definition) is 2. The summed E-state index contributed by atoms with van der Waals surface area (Å²) in [7, 11) is 0. The van der Waals surface area contributed by atoms with Crippen molar-refractivity contribution in [2.75, 3.05) is 13.2 Å². The van der Waals surface area contributed by atoms with Gasteiger partial charge in [-0.05, 0) is 58.4 Å². The zero-order valence-electron chi connectivity index (χ0n) is 13.2. The van der Waals surface area contributed by atoms with Gasteiger partial charge in [-0.15, -0.1) is 0 Å². The van der Waals surface area contributed by atoms with Crippen LogP contribution in [0, 0.1) is 0 Å². The SMILES string of the molecule is CC(CC1CCCCN1)=C1CCOC2(CCCCC2)C1. The molecule has 3 fully saturated rings. The van der Waals surface area contributed by atoms with Crippen molar-refractivity contribution >= 4 is 0 Å². The van der Waals surface area contributed by atoms with Crippen LogP contribution in [-0.2, 0) is 4.74 Å². The molecule has 2 heteroatoms. The van der Waals surface area contributed by atoms with Crippen molar-refractivity contribution in [1.29, 1.82) is 0 Å². The van der Waals surface area contributed by atoms with Crippen LogP contribution in [0.25, 0.3) is 0 Å². The second kappa shape index (κ2) is 6.62. The van der Waals surface area contributed by atoms with Crippen LogP contribution in [-0.4, -0.2) is 24.8 Å². The molecule has 0 aromatic carbocycles. The molecule has 0 radical (unpaired) electrons. The van der Waals surface area contributed by atoms with Gasteiger partial charge >= 0.3 is 0 Å². The van der Waals surface area contributed by atoms with Crippen LogP contribution in [0.2, 0.25) is 0 Å². The molecule has 1 spiro atoms. The minimum atomic E-state index is 0.229. The van der Waals surface area contributed by atoms with E-state index in [4.69, 9.17) is 4.74 Å². The van der Waals surface area contributed by atoms with Gasteiger partial charge < -0.3 is 10.1 Å². The molecule has 114 valence electrons. The zero-order valence-corrected chi connectivity index (χ0v) is 13.2. The fourth-order valence-electron chi connectivity index (χ4n) is 4.41. The summed E-state index contributed by atoms with van der Waals surface area (Å²) in [6.45, 7) is 4.57. The number of rotatable bonds is 2. The molecule has 1 atom stereocenters. The number of hydrogen-bond donors (Lipinski definition) is 1. The summed E-state index contributed by atoms with van der Waals surface area (Å²) in [5.41, 5.74) is 3.62. The zero-order chi connectivity index (χ0) is 13.8. The molecule has 0 aromatic heterocycles. The van der Waals surface area contributed by atoms with E-state index in [0.717, 1.165) is 12.6 Å². The molecular formula is C18H31NO. The average Bonchev–Trinajstić information content (AvgIpc) is 2.49. The maximum atomic E-state index is 6.23. The van der Waals surface area contributed by atoms with Crippen LogP contribution in [0.5, 0.6) is 0 Å². The topological polar surface area (TPSA) is 21.3 Å². The van der Waals surface area contributed by atoms with Crippen molar-refractivity contribution in [3.05, 3.63) is 11.1 Å². The molecule has 0 bridgehead atoms. The second-order valence-electron chi connectivity index (χ2n) is 7.25. The predicted octanol–water partition coefficient (Wildman–Crippen LogP) is 4.35. The quantitative estimate of drug-likeness (QED) is 0.758. The molecule has 1 unspecified atom stereocenters. The summed E-state index contributed by atoms with van der Waals surface area (Å²) in [6, 6.07) is 0.737. The fourth-order valence-corrected chi connectivity index (χ4v) is 4.41. The smallest absolute Gasteiger partial charge is 0.0719 e. The third-order valence-corrected chi connectivity index (χ3v) is 5.68. The van der Waals surface area contributed by atoms with Crippen molar-refractivity contribution in [3.63, 3.8) is 0 Å². The Morgan fingerprint density at radius 2 is 2.05 bits per heavy atom. The van der Waals surface area contributed by atoms with Crippen molar-refractivity contribution < 1.29 is 4.74 Å². The van der Waals surface area contributed by atoms with Crippen molar-refractivity contribution in [2.45, 2.75) is 89.2 Å². The Kier molecular flexibility index (Phi) is 4.83. The number of piperidine rings is 1. The van der Waals surface area contributed by atoms with E-state index in [-0.39, 0.29) is 5.60 Å². The van der Waals surface area contributed by atoms with Crippen molar-refractivity contribution in [1.82, 2.24) is 5.32 Å². The summed E-state index contributed by atoms with van der Waals surface area (Å²) < 4.78 is 6.23. The molecule has 3 rings (SSSR count). The molecule has 20 heavy (non-hydrogen) atoms. The van der Waals surface area contributed by atoms with E-state index in [2.05, 4.69) is 12.2 Å². The fraction of sp³-hybridized carbons (Fsp3) is 0.889. The molecule has 3 aliphatic rings. The molecule has 0 amide bonds.